The lowest BCUT2D eigenvalue weighted by atomic mass is 10.2. The van der Waals surface area contributed by atoms with Gasteiger partial charge in [0.25, 0.3) is 0 Å². The zero-order valence-electron chi connectivity index (χ0n) is 11.5. The number of aromatic nitrogens is 1. The summed E-state index contributed by atoms with van der Waals surface area (Å²) in [6.07, 6.45) is 0.452. The van der Waals surface area contributed by atoms with Gasteiger partial charge in [-0.15, -0.1) is 0 Å². The maximum absolute atomic E-state index is 7.42. The van der Waals surface area contributed by atoms with Crippen molar-refractivity contribution in [3.05, 3.63) is 54.6 Å². The van der Waals surface area contributed by atoms with E-state index in [0.29, 0.717) is 19.0 Å². The van der Waals surface area contributed by atoms with Crippen molar-refractivity contribution in [1.82, 2.24) is 4.98 Å². The van der Waals surface area contributed by atoms with E-state index >= 15 is 0 Å². The van der Waals surface area contributed by atoms with Gasteiger partial charge in [0.2, 0.25) is 0 Å². The first-order valence-electron chi connectivity index (χ1n) is 6.75. The van der Waals surface area contributed by atoms with Gasteiger partial charge in [0.1, 0.15) is 5.52 Å². The van der Waals surface area contributed by atoms with Crippen LogP contribution in [0.5, 0.6) is 0 Å². The zero-order chi connectivity index (χ0) is 14.7. The lowest BCUT2D eigenvalue weighted by Gasteiger charge is -2.20. The molecule has 5 nitrogen and oxygen atoms in total. The van der Waals surface area contributed by atoms with Gasteiger partial charge in [-0.25, -0.2) is 0 Å². The van der Waals surface area contributed by atoms with Crippen molar-refractivity contribution < 1.29 is 4.42 Å². The number of oxazole rings is 1. The summed E-state index contributed by atoms with van der Waals surface area (Å²) in [5, 5.41) is 7.42. The molecule has 0 saturated carbocycles. The van der Waals surface area contributed by atoms with Crippen LogP contribution in [0.4, 0.5) is 11.7 Å². The minimum absolute atomic E-state index is 0.145. The van der Waals surface area contributed by atoms with Gasteiger partial charge in [-0.1, -0.05) is 30.3 Å². The van der Waals surface area contributed by atoms with Crippen molar-refractivity contribution in [2.75, 3.05) is 11.4 Å². The lowest BCUT2D eigenvalue weighted by molar-refractivity contribution is 0.593. The molecule has 3 aromatic rings. The fourth-order valence-electron chi connectivity index (χ4n) is 2.15. The quantitative estimate of drug-likeness (QED) is 0.555. The highest BCUT2D eigenvalue weighted by Crippen LogP contribution is 2.28. The highest BCUT2D eigenvalue weighted by molar-refractivity contribution is 5.79. The van der Waals surface area contributed by atoms with Crippen molar-refractivity contribution in [2.45, 2.75) is 6.42 Å². The molecule has 0 radical (unpaired) electrons. The van der Waals surface area contributed by atoms with Crippen molar-refractivity contribution >= 4 is 28.6 Å². The van der Waals surface area contributed by atoms with Gasteiger partial charge in [0, 0.05) is 18.7 Å². The van der Waals surface area contributed by atoms with Crippen LogP contribution in [0.25, 0.3) is 11.1 Å². The molecule has 3 N–H and O–H groups in total. The van der Waals surface area contributed by atoms with E-state index in [1.165, 1.54) is 0 Å². The van der Waals surface area contributed by atoms with Crippen LogP contribution in [0.1, 0.15) is 6.42 Å². The second kappa shape index (κ2) is 5.66. The fraction of sp³-hybridized carbons (Fsp3) is 0.125. The molecular formula is C16H16N4O. The van der Waals surface area contributed by atoms with Crippen LogP contribution in [-0.4, -0.2) is 17.4 Å². The Morgan fingerprint density at radius 3 is 2.52 bits per heavy atom. The highest BCUT2D eigenvalue weighted by atomic mass is 16.4. The topological polar surface area (TPSA) is 79.1 Å². The summed E-state index contributed by atoms with van der Waals surface area (Å²) in [5.74, 6) is 0.145. The first-order valence-corrected chi connectivity index (χ1v) is 6.75. The number of rotatable bonds is 5. The number of para-hydroxylation sites is 3. The number of amidine groups is 1. The summed E-state index contributed by atoms with van der Waals surface area (Å²) < 4.78 is 5.82. The molecule has 1 heterocycles. The summed E-state index contributed by atoms with van der Waals surface area (Å²) >= 11 is 0. The molecule has 0 bridgehead atoms. The van der Waals surface area contributed by atoms with Crippen molar-refractivity contribution in [1.29, 1.82) is 5.41 Å². The van der Waals surface area contributed by atoms with E-state index in [0.717, 1.165) is 16.8 Å². The van der Waals surface area contributed by atoms with E-state index in [-0.39, 0.29) is 5.84 Å². The molecule has 0 amide bonds. The van der Waals surface area contributed by atoms with Gasteiger partial charge in [-0.3, -0.25) is 10.3 Å². The minimum atomic E-state index is 0.145. The van der Waals surface area contributed by atoms with Crippen LogP contribution in [0.2, 0.25) is 0 Å². The molecule has 1 aromatic heterocycles. The number of hydrogen-bond acceptors (Lipinski definition) is 4. The van der Waals surface area contributed by atoms with E-state index < -0.39 is 0 Å². The van der Waals surface area contributed by atoms with Crippen molar-refractivity contribution in [3.8, 4) is 0 Å². The minimum Gasteiger partial charge on any atom is -0.423 e. The summed E-state index contributed by atoms with van der Waals surface area (Å²) in [5.41, 5.74) is 8.00. The Morgan fingerprint density at radius 2 is 1.81 bits per heavy atom. The SMILES string of the molecule is N=C(N)CCN(c1ccccc1)c1nc2ccccc2o1. The largest absolute Gasteiger partial charge is 0.423 e. The van der Waals surface area contributed by atoms with Crippen molar-refractivity contribution in [3.63, 3.8) is 0 Å². The molecular weight excluding hydrogens is 264 g/mol. The molecule has 0 aliphatic carbocycles. The molecule has 0 spiro atoms. The molecule has 2 aromatic carbocycles. The van der Waals surface area contributed by atoms with Crippen molar-refractivity contribution in [2.24, 2.45) is 5.73 Å². The number of anilines is 2. The molecule has 0 atom stereocenters. The Bertz CT molecular complexity index is 718. The van der Waals surface area contributed by atoms with Gasteiger partial charge in [-0.2, -0.15) is 4.98 Å². The molecule has 0 aliphatic rings. The summed E-state index contributed by atoms with van der Waals surface area (Å²) in [4.78, 5) is 6.45. The van der Waals surface area contributed by atoms with E-state index in [9.17, 15) is 0 Å². The molecule has 5 heteroatoms. The monoisotopic (exact) mass is 280 g/mol. The van der Waals surface area contributed by atoms with Crippen LogP contribution < -0.4 is 10.6 Å². The van der Waals surface area contributed by atoms with Crippen LogP contribution in [0.3, 0.4) is 0 Å². The molecule has 21 heavy (non-hydrogen) atoms. The first kappa shape index (κ1) is 13.2. The molecule has 0 saturated heterocycles. The predicted molar refractivity (Wildman–Crippen MR) is 84.0 cm³/mol. The average Bonchev–Trinajstić information content (AvgIpc) is 2.92. The summed E-state index contributed by atoms with van der Waals surface area (Å²) in [6, 6.07) is 18.0. The fourth-order valence-corrected chi connectivity index (χ4v) is 2.15. The predicted octanol–water partition coefficient (Wildman–Crippen LogP) is 3.29. The van der Waals surface area contributed by atoms with Crippen LogP contribution in [0.15, 0.2) is 59.0 Å². The second-order valence-electron chi connectivity index (χ2n) is 4.73. The molecule has 0 unspecified atom stereocenters. The van der Waals surface area contributed by atoms with Gasteiger partial charge in [0.15, 0.2) is 5.58 Å². The van der Waals surface area contributed by atoms with E-state index in [2.05, 4.69) is 4.98 Å². The van der Waals surface area contributed by atoms with E-state index in [1.807, 2.05) is 59.5 Å². The maximum Gasteiger partial charge on any atom is 0.302 e. The number of nitrogens with zero attached hydrogens (tertiary/aromatic N) is 2. The van der Waals surface area contributed by atoms with Gasteiger partial charge in [0.05, 0.1) is 5.84 Å². The molecule has 3 rings (SSSR count). The Balaban J connectivity index is 1.99. The third-order valence-electron chi connectivity index (χ3n) is 3.19. The average molecular weight is 280 g/mol. The standard InChI is InChI=1S/C16H16N4O/c17-15(18)10-11-20(12-6-2-1-3-7-12)16-19-13-8-4-5-9-14(13)21-16/h1-9H,10-11H2,(H3,17,18). The number of nitrogens with two attached hydrogens (primary N) is 1. The third-order valence-corrected chi connectivity index (χ3v) is 3.19. The number of benzene rings is 2. The number of nitrogens with one attached hydrogen (secondary N) is 1. The number of fused-ring (bicyclic) bond motifs is 1. The highest BCUT2D eigenvalue weighted by Gasteiger charge is 2.16. The summed E-state index contributed by atoms with van der Waals surface area (Å²) in [6.45, 7) is 0.548. The Kier molecular flexibility index (Phi) is 3.55. The van der Waals surface area contributed by atoms with E-state index in [1.54, 1.807) is 0 Å². The maximum atomic E-state index is 7.42. The van der Waals surface area contributed by atoms with Crippen LogP contribution in [-0.2, 0) is 0 Å². The Labute approximate surface area is 122 Å². The van der Waals surface area contributed by atoms with Crippen LogP contribution in [0, 0.1) is 5.41 Å². The Hall–Kier alpha value is -2.82. The second-order valence-corrected chi connectivity index (χ2v) is 4.73. The number of hydrogen-bond donors (Lipinski definition) is 2. The van der Waals surface area contributed by atoms with Crippen LogP contribution >= 0.6 is 0 Å². The van der Waals surface area contributed by atoms with Gasteiger partial charge >= 0.3 is 6.01 Å². The third kappa shape index (κ3) is 2.86. The van der Waals surface area contributed by atoms with E-state index in [4.69, 9.17) is 15.6 Å². The van der Waals surface area contributed by atoms with Gasteiger partial charge in [-0.05, 0) is 24.3 Å². The normalized spacial score (nSPS) is 10.7. The lowest BCUT2D eigenvalue weighted by Crippen LogP contribution is -2.23. The molecule has 0 aliphatic heterocycles. The summed E-state index contributed by atoms with van der Waals surface area (Å²) in [7, 11) is 0. The molecule has 106 valence electrons. The zero-order valence-corrected chi connectivity index (χ0v) is 11.5. The smallest absolute Gasteiger partial charge is 0.302 e. The Morgan fingerprint density at radius 1 is 1.10 bits per heavy atom. The van der Waals surface area contributed by atoms with Gasteiger partial charge < -0.3 is 10.2 Å². The first-order chi connectivity index (χ1) is 10.2. The molecule has 0 fully saturated rings.